The van der Waals surface area contributed by atoms with Crippen LogP contribution in [0.15, 0.2) is 18.2 Å². The number of benzene rings is 1. The van der Waals surface area contributed by atoms with Gasteiger partial charge in [0.1, 0.15) is 19.3 Å². The van der Waals surface area contributed by atoms with Crippen LogP contribution >= 0.6 is 0 Å². The summed E-state index contributed by atoms with van der Waals surface area (Å²) in [4.78, 5) is 29.1. The monoisotopic (exact) mass is 360 g/mol. The summed E-state index contributed by atoms with van der Waals surface area (Å²) in [5.41, 5.74) is 0.591. The van der Waals surface area contributed by atoms with E-state index in [0.717, 1.165) is 19.3 Å². The van der Waals surface area contributed by atoms with Gasteiger partial charge in [0, 0.05) is 38.3 Å². The van der Waals surface area contributed by atoms with E-state index in [9.17, 15) is 9.59 Å². The van der Waals surface area contributed by atoms with E-state index in [4.69, 9.17) is 14.2 Å². The fourth-order valence-electron chi connectivity index (χ4n) is 3.68. The van der Waals surface area contributed by atoms with Gasteiger partial charge in [0.05, 0.1) is 0 Å². The van der Waals surface area contributed by atoms with Crippen molar-refractivity contribution in [2.75, 3.05) is 46.0 Å². The number of nitrogens with zero attached hydrogens (tertiary/aromatic N) is 2. The first-order valence-corrected chi connectivity index (χ1v) is 9.32. The van der Waals surface area contributed by atoms with Crippen molar-refractivity contribution in [1.29, 1.82) is 0 Å². The molecule has 7 heteroatoms. The first kappa shape index (κ1) is 17.1. The van der Waals surface area contributed by atoms with E-state index in [1.165, 1.54) is 0 Å². The average molecular weight is 360 g/mol. The largest absolute Gasteiger partial charge is 0.486 e. The van der Waals surface area contributed by atoms with Gasteiger partial charge in [-0.15, -0.1) is 0 Å². The fraction of sp³-hybridized carbons (Fsp3) is 0.579. The molecule has 7 nitrogen and oxygen atoms in total. The predicted molar refractivity (Wildman–Crippen MR) is 93.5 cm³/mol. The summed E-state index contributed by atoms with van der Waals surface area (Å²) in [7, 11) is 0. The van der Waals surface area contributed by atoms with E-state index >= 15 is 0 Å². The maximum atomic E-state index is 12.9. The summed E-state index contributed by atoms with van der Waals surface area (Å²) >= 11 is 0. The first-order chi connectivity index (χ1) is 12.7. The summed E-state index contributed by atoms with van der Waals surface area (Å²) in [6.07, 6.45) is 2.22. The SMILES string of the molecule is O=C(c1ccc2c(c1)OCCO2)N1CCCN(C(=O)C2CCCO2)CC1. The van der Waals surface area contributed by atoms with Crippen LogP contribution in [0.1, 0.15) is 29.6 Å². The zero-order chi connectivity index (χ0) is 17.9. The molecule has 1 atom stereocenters. The second-order valence-corrected chi connectivity index (χ2v) is 6.83. The molecule has 0 saturated carbocycles. The summed E-state index contributed by atoms with van der Waals surface area (Å²) in [6, 6.07) is 5.31. The highest BCUT2D eigenvalue weighted by Crippen LogP contribution is 2.31. The Kier molecular flexibility index (Phi) is 4.97. The van der Waals surface area contributed by atoms with Gasteiger partial charge in [-0.2, -0.15) is 0 Å². The summed E-state index contributed by atoms with van der Waals surface area (Å²) in [5.74, 6) is 1.33. The van der Waals surface area contributed by atoms with Crippen molar-refractivity contribution in [3.05, 3.63) is 23.8 Å². The van der Waals surface area contributed by atoms with E-state index < -0.39 is 0 Å². The number of amides is 2. The molecule has 26 heavy (non-hydrogen) atoms. The molecule has 0 N–H and O–H groups in total. The van der Waals surface area contributed by atoms with E-state index in [2.05, 4.69) is 0 Å². The maximum Gasteiger partial charge on any atom is 0.254 e. The second-order valence-electron chi connectivity index (χ2n) is 6.83. The first-order valence-electron chi connectivity index (χ1n) is 9.32. The van der Waals surface area contributed by atoms with Crippen molar-refractivity contribution in [1.82, 2.24) is 9.80 Å². The summed E-state index contributed by atoms with van der Waals surface area (Å²) < 4.78 is 16.6. The molecule has 3 aliphatic heterocycles. The Hall–Kier alpha value is -2.28. The van der Waals surface area contributed by atoms with E-state index in [-0.39, 0.29) is 17.9 Å². The van der Waals surface area contributed by atoms with Crippen molar-refractivity contribution < 1.29 is 23.8 Å². The molecule has 1 aromatic rings. The van der Waals surface area contributed by atoms with Crippen LogP contribution in [0.3, 0.4) is 0 Å². The minimum Gasteiger partial charge on any atom is -0.486 e. The van der Waals surface area contributed by atoms with Gasteiger partial charge in [-0.05, 0) is 37.5 Å². The average Bonchev–Trinajstić information content (AvgIpc) is 3.11. The Labute approximate surface area is 152 Å². The van der Waals surface area contributed by atoms with Gasteiger partial charge < -0.3 is 24.0 Å². The van der Waals surface area contributed by atoms with Crippen molar-refractivity contribution in [2.24, 2.45) is 0 Å². The van der Waals surface area contributed by atoms with Gasteiger partial charge in [-0.3, -0.25) is 9.59 Å². The quantitative estimate of drug-likeness (QED) is 0.796. The highest BCUT2D eigenvalue weighted by atomic mass is 16.6. The number of rotatable bonds is 2. The van der Waals surface area contributed by atoms with Crippen molar-refractivity contribution >= 4 is 11.8 Å². The highest BCUT2D eigenvalue weighted by molar-refractivity contribution is 5.95. The van der Waals surface area contributed by atoms with Crippen LogP contribution in [0.4, 0.5) is 0 Å². The van der Waals surface area contributed by atoms with Crippen LogP contribution in [-0.2, 0) is 9.53 Å². The van der Waals surface area contributed by atoms with Gasteiger partial charge in [-0.25, -0.2) is 0 Å². The lowest BCUT2D eigenvalue weighted by atomic mass is 10.1. The van der Waals surface area contributed by atoms with Crippen LogP contribution in [0.25, 0.3) is 0 Å². The maximum absolute atomic E-state index is 12.9. The number of hydrogen-bond donors (Lipinski definition) is 0. The Bertz CT molecular complexity index is 687. The van der Waals surface area contributed by atoms with E-state index in [1.807, 2.05) is 9.80 Å². The van der Waals surface area contributed by atoms with Gasteiger partial charge in [0.25, 0.3) is 11.8 Å². The molecule has 0 radical (unpaired) electrons. The molecule has 0 aliphatic carbocycles. The lowest BCUT2D eigenvalue weighted by molar-refractivity contribution is -0.140. The van der Waals surface area contributed by atoms with Crippen LogP contribution < -0.4 is 9.47 Å². The number of fused-ring (bicyclic) bond motifs is 1. The summed E-state index contributed by atoms with van der Waals surface area (Å²) in [5, 5.41) is 0. The molecule has 0 spiro atoms. The smallest absolute Gasteiger partial charge is 0.254 e. The second kappa shape index (κ2) is 7.53. The molecule has 2 fully saturated rings. The molecular formula is C19H24N2O5. The van der Waals surface area contributed by atoms with Crippen molar-refractivity contribution in [2.45, 2.75) is 25.4 Å². The third-order valence-corrected chi connectivity index (χ3v) is 5.09. The minimum absolute atomic E-state index is 0.0339. The molecule has 0 aromatic heterocycles. The van der Waals surface area contributed by atoms with Gasteiger partial charge in [0.2, 0.25) is 0 Å². The Balaban J connectivity index is 1.40. The predicted octanol–water partition coefficient (Wildman–Crippen LogP) is 1.31. The molecule has 2 amide bonds. The third kappa shape index (κ3) is 3.49. The van der Waals surface area contributed by atoms with E-state index in [0.29, 0.717) is 63.1 Å². The van der Waals surface area contributed by atoms with Crippen LogP contribution in [-0.4, -0.2) is 73.7 Å². The topological polar surface area (TPSA) is 68.3 Å². The summed E-state index contributed by atoms with van der Waals surface area (Å²) in [6.45, 7) is 4.08. The molecule has 4 rings (SSSR count). The van der Waals surface area contributed by atoms with Gasteiger partial charge in [0.15, 0.2) is 11.5 Å². The van der Waals surface area contributed by atoms with Gasteiger partial charge >= 0.3 is 0 Å². The molecule has 0 bridgehead atoms. The van der Waals surface area contributed by atoms with Crippen molar-refractivity contribution in [3.63, 3.8) is 0 Å². The molecule has 3 heterocycles. The molecule has 2 saturated heterocycles. The minimum atomic E-state index is -0.296. The molecule has 3 aliphatic rings. The molecule has 1 aromatic carbocycles. The molecule has 1 unspecified atom stereocenters. The number of carbonyl (C=O) groups is 2. The standard InChI is InChI=1S/C19H24N2O5/c22-18(14-4-5-15-17(13-14)26-12-11-25-15)20-6-2-7-21(9-8-20)19(23)16-3-1-10-24-16/h4-5,13,16H,1-3,6-12H2. The third-order valence-electron chi connectivity index (χ3n) is 5.09. The molecular weight excluding hydrogens is 336 g/mol. The Morgan fingerprint density at radius 3 is 2.46 bits per heavy atom. The highest BCUT2D eigenvalue weighted by Gasteiger charge is 2.30. The zero-order valence-corrected chi connectivity index (χ0v) is 14.8. The zero-order valence-electron chi connectivity index (χ0n) is 14.8. The number of carbonyl (C=O) groups excluding carboxylic acids is 2. The molecule has 140 valence electrons. The lowest BCUT2D eigenvalue weighted by Crippen LogP contribution is -2.41. The van der Waals surface area contributed by atoms with Crippen LogP contribution in [0, 0.1) is 0 Å². The van der Waals surface area contributed by atoms with E-state index in [1.54, 1.807) is 18.2 Å². The Morgan fingerprint density at radius 1 is 0.885 bits per heavy atom. The fourth-order valence-corrected chi connectivity index (χ4v) is 3.68. The lowest BCUT2D eigenvalue weighted by Gasteiger charge is -2.24. The van der Waals surface area contributed by atoms with Crippen LogP contribution in [0.2, 0.25) is 0 Å². The van der Waals surface area contributed by atoms with Crippen LogP contribution in [0.5, 0.6) is 11.5 Å². The normalized spacial score (nSPS) is 22.8. The van der Waals surface area contributed by atoms with Gasteiger partial charge in [-0.1, -0.05) is 0 Å². The van der Waals surface area contributed by atoms with Crippen molar-refractivity contribution in [3.8, 4) is 11.5 Å². The Morgan fingerprint density at radius 2 is 1.65 bits per heavy atom. The number of hydrogen-bond acceptors (Lipinski definition) is 5. The number of ether oxygens (including phenoxy) is 3.